The minimum absolute atomic E-state index is 0.600. The first-order chi connectivity index (χ1) is 11.1. The lowest BCUT2D eigenvalue weighted by Crippen LogP contribution is -2.53. The Morgan fingerprint density at radius 1 is 1.26 bits per heavy atom. The van der Waals surface area contributed by atoms with E-state index in [1.165, 1.54) is 5.56 Å². The average Bonchev–Trinajstić information content (AvgIpc) is 2.53. The van der Waals surface area contributed by atoms with E-state index in [1.807, 2.05) is 6.07 Å². The van der Waals surface area contributed by atoms with Crippen LogP contribution in [-0.4, -0.2) is 66.9 Å². The Morgan fingerprint density at radius 2 is 2.04 bits per heavy atom. The maximum Gasteiger partial charge on any atom is 0.161 e. The van der Waals surface area contributed by atoms with Gasteiger partial charge in [0.1, 0.15) is 13.2 Å². The number of nitrogens with zero attached hydrogens (tertiary/aromatic N) is 2. The molecule has 0 aliphatic carbocycles. The molecule has 0 bridgehead atoms. The van der Waals surface area contributed by atoms with Crippen LogP contribution >= 0.6 is 0 Å². The van der Waals surface area contributed by atoms with E-state index in [4.69, 9.17) is 9.47 Å². The van der Waals surface area contributed by atoms with E-state index in [0.717, 1.165) is 50.5 Å². The van der Waals surface area contributed by atoms with Crippen molar-refractivity contribution in [2.45, 2.75) is 31.9 Å². The molecule has 1 aromatic carbocycles. The van der Waals surface area contributed by atoms with Crippen molar-refractivity contribution in [3.8, 4) is 11.5 Å². The predicted octanol–water partition coefficient (Wildman–Crippen LogP) is 1.74. The van der Waals surface area contributed by atoms with E-state index < -0.39 is 5.60 Å². The minimum Gasteiger partial charge on any atom is -0.486 e. The molecule has 0 amide bonds. The van der Waals surface area contributed by atoms with Gasteiger partial charge in [0.25, 0.3) is 0 Å². The number of fused-ring (bicyclic) bond motifs is 1. The first-order valence-electron chi connectivity index (χ1n) is 8.60. The number of benzene rings is 1. The van der Waals surface area contributed by atoms with E-state index in [1.54, 1.807) is 0 Å². The van der Waals surface area contributed by atoms with Gasteiger partial charge in [-0.25, -0.2) is 0 Å². The second-order valence-corrected chi connectivity index (χ2v) is 6.85. The number of hydrogen-bond donors (Lipinski definition) is 1. The quantitative estimate of drug-likeness (QED) is 0.895. The van der Waals surface area contributed by atoms with Gasteiger partial charge < -0.3 is 19.5 Å². The van der Waals surface area contributed by atoms with Gasteiger partial charge in [0.05, 0.1) is 5.60 Å². The SMILES string of the molecule is CCN(Cc1ccc2c(c1)OCCO2)CC1(O)CCCN(C)C1. The number of β-amino-alcohol motifs (C(OH)–C–C–N with tert-alkyl or cyclic N) is 1. The summed E-state index contributed by atoms with van der Waals surface area (Å²) in [7, 11) is 2.08. The van der Waals surface area contributed by atoms with Crippen LogP contribution in [-0.2, 0) is 6.54 Å². The zero-order valence-electron chi connectivity index (χ0n) is 14.3. The summed E-state index contributed by atoms with van der Waals surface area (Å²) in [6.07, 6.45) is 1.95. The monoisotopic (exact) mass is 320 g/mol. The summed E-state index contributed by atoms with van der Waals surface area (Å²) < 4.78 is 11.2. The molecular formula is C18H28N2O3. The Kier molecular flexibility index (Phi) is 5.09. The third kappa shape index (κ3) is 4.16. The first kappa shape index (κ1) is 16.6. The Balaban J connectivity index is 1.65. The van der Waals surface area contributed by atoms with E-state index >= 15 is 0 Å². The molecule has 2 aliphatic rings. The predicted molar refractivity (Wildman–Crippen MR) is 90.1 cm³/mol. The Morgan fingerprint density at radius 3 is 2.78 bits per heavy atom. The van der Waals surface area contributed by atoms with Crippen molar-refractivity contribution in [2.24, 2.45) is 0 Å². The molecular weight excluding hydrogens is 292 g/mol. The fourth-order valence-corrected chi connectivity index (χ4v) is 3.61. The molecule has 128 valence electrons. The molecule has 23 heavy (non-hydrogen) atoms. The van der Waals surface area contributed by atoms with Gasteiger partial charge in [-0.1, -0.05) is 13.0 Å². The summed E-state index contributed by atoms with van der Waals surface area (Å²) in [5.74, 6) is 1.66. The largest absolute Gasteiger partial charge is 0.486 e. The normalized spacial score (nSPS) is 24.9. The summed E-state index contributed by atoms with van der Waals surface area (Å²) in [5, 5.41) is 10.9. The summed E-state index contributed by atoms with van der Waals surface area (Å²) in [5.41, 5.74) is 0.598. The van der Waals surface area contributed by atoms with Gasteiger partial charge in [0.15, 0.2) is 11.5 Å². The van der Waals surface area contributed by atoms with Crippen molar-refractivity contribution in [2.75, 3.05) is 46.4 Å². The van der Waals surface area contributed by atoms with E-state index in [0.29, 0.717) is 19.8 Å². The highest BCUT2D eigenvalue weighted by Gasteiger charge is 2.33. The van der Waals surface area contributed by atoms with Gasteiger partial charge >= 0.3 is 0 Å². The van der Waals surface area contributed by atoms with Crippen molar-refractivity contribution < 1.29 is 14.6 Å². The molecule has 1 atom stereocenters. The molecule has 0 radical (unpaired) electrons. The highest BCUT2D eigenvalue weighted by atomic mass is 16.6. The maximum atomic E-state index is 10.9. The van der Waals surface area contributed by atoms with Crippen LogP contribution in [0.25, 0.3) is 0 Å². The van der Waals surface area contributed by atoms with Crippen LogP contribution < -0.4 is 9.47 Å². The fraction of sp³-hybridized carbons (Fsp3) is 0.667. The second kappa shape index (κ2) is 7.07. The van der Waals surface area contributed by atoms with Gasteiger partial charge in [0, 0.05) is 19.6 Å². The smallest absolute Gasteiger partial charge is 0.161 e. The number of hydrogen-bond acceptors (Lipinski definition) is 5. The molecule has 1 N–H and O–H groups in total. The van der Waals surface area contributed by atoms with Gasteiger partial charge in [-0.2, -0.15) is 0 Å². The number of likely N-dealkylation sites (tertiary alicyclic amines) is 1. The van der Waals surface area contributed by atoms with Crippen LogP contribution in [0.5, 0.6) is 11.5 Å². The van der Waals surface area contributed by atoms with Crippen LogP contribution in [0.2, 0.25) is 0 Å². The van der Waals surface area contributed by atoms with Crippen LogP contribution in [0.15, 0.2) is 18.2 Å². The third-order valence-electron chi connectivity index (χ3n) is 4.72. The standard InChI is InChI=1S/C18H28N2O3/c1-3-20(14-18(21)7-4-8-19(2)13-18)12-15-5-6-16-17(11-15)23-10-9-22-16/h5-6,11,21H,3-4,7-10,12-14H2,1-2H3. The summed E-state index contributed by atoms with van der Waals surface area (Å²) in [6, 6.07) is 6.14. The molecule has 1 fully saturated rings. The number of rotatable bonds is 5. The lowest BCUT2D eigenvalue weighted by atomic mass is 9.92. The number of likely N-dealkylation sites (N-methyl/N-ethyl adjacent to an activating group) is 2. The summed E-state index contributed by atoms with van der Waals surface area (Å²) in [4.78, 5) is 4.53. The van der Waals surface area contributed by atoms with Gasteiger partial charge in [0.2, 0.25) is 0 Å². The number of aliphatic hydroxyl groups is 1. The van der Waals surface area contributed by atoms with Crippen molar-refractivity contribution in [3.05, 3.63) is 23.8 Å². The summed E-state index contributed by atoms with van der Waals surface area (Å²) >= 11 is 0. The molecule has 5 heteroatoms. The van der Waals surface area contributed by atoms with Crippen LogP contribution in [0.4, 0.5) is 0 Å². The Bertz CT molecular complexity index is 537. The van der Waals surface area contributed by atoms with Crippen LogP contribution in [0.1, 0.15) is 25.3 Å². The van der Waals surface area contributed by atoms with Gasteiger partial charge in [-0.15, -0.1) is 0 Å². The lowest BCUT2D eigenvalue weighted by Gasteiger charge is -2.40. The van der Waals surface area contributed by atoms with Crippen LogP contribution in [0.3, 0.4) is 0 Å². The molecule has 2 heterocycles. The fourth-order valence-electron chi connectivity index (χ4n) is 3.61. The van der Waals surface area contributed by atoms with Crippen molar-refractivity contribution >= 4 is 0 Å². The highest BCUT2D eigenvalue weighted by Crippen LogP contribution is 2.31. The summed E-state index contributed by atoms with van der Waals surface area (Å²) in [6.45, 7) is 7.66. The maximum absolute atomic E-state index is 10.9. The van der Waals surface area contributed by atoms with E-state index in [2.05, 4.69) is 35.9 Å². The lowest BCUT2D eigenvalue weighted by molar-refractivity contribution is -0.0478. The molecule has 0 spiro atoms. The molecule has 2 aliphatic heterocycles. The van der Waals surface area contributed by atoms with E-state index in [9.17, 15) is 5.11 Å². The van der Waals surface area contributed by atoms with E-state index in [-0.39, 0.29) is 0 Å². The van der Waals surface area contributed by atoms with Crippen LogP contribution in [0, 0.1) is 0 Å². The molecule has 1 aromatic rings. The third-order valence-corrected chi connectivity index (χ3v) is 4.72. The average molecular weight is 320 g/mol. The molecule has 1 saturated heterocycles. The number of piperidine rings is 1. The van der Waals surface area contributed by atoms with Gasteiger partial charge in [-0.3, -0.25) is 4.90 Å². The molecule has 3 rings (SSSR count). The van der Waals surface area contributed by atoms with Crippen molar-refractivity contribution in [1.29, 1.82) is 0 Å². The topological polar surface area (TPSA) is 45.2 Å². The molecule has 5 nitrogen and oxygen atoms in total. The molecule has 0 saturated carbocycles. The van der Waals surface area contributed by atoms with Crippen molar-refractivity contribution in [1.82, 2.24) is 9.80 Å². The second-order valence-electron chi connectivity index (χ2n) is 6.85. The molecule has 1 unspecified atom stereocenters. The minimum atomic E-state index is -0.600. The number of ether oxygens (including phenoxy) is 2. The van der Waals surface area contributed by atoms with Crippen molar-refractivity contribution in [3.63, 3.8) is 0 Å². The Hall–Kier alpha value is -1.30. The van der Waals surface area contributed by atoms with Gasteiger partial charge in [-0.05, 0) is 50.7 Å². The highest BCUT2D eigenvalue weighted by molar-refractivity contribution is 5.43. The first-order valence-corrected chi connectivity index (χ1v) is 8.60. The zero-order valence-corrected chi connectivity index (χ0v) is 14.3. The Labute approximate surface area is 138 Å². The zero-order chi connectivity index (χ0) is 16.3. The molecule has 0 aromatic heterocycles.